The number of carbonyl (C=O) groups is 2. The van der Waals surface area contributed by atoms with Crippen LogP contribution in [0.5, 0.6) is 0 Å². The number of hydrogen-bond donors (Lipinski definition) is 3. The molecule has 2 aromatic carbocycles. The number of benzene rings is 2. The first-order valence-corrected chi connectivity index (χ1v) is 15.5. The molecule has 0 aliphatic heterocycles. The van der Waals surface area contributed by atoms with Crippen LogP contribution in [-0.4, -0.2) is 50.6 Å². The van der Waals surface area contributed by atoms with E-state index < -0.39 is 69.3 Å². The van der Waals surface area contributed by atoms with E-state index >= 15 is 0 Å². The fourth-order valence-electron chi connectivity index (χ4n) is 4.97. The molecular weight excluding hydrogens is 628 g/mol. The van der Waals surface area contributed by atoms with Gasteiger partial charge < -0.3 is 11.1 Å². The summed E-state index contributed by atoms with van der Waals surface area (Å²) in [6, 6.07) is 3.92. The fourth-order valence-corrected chi connectivity index (χ4v) is 5.90. The van der Waals surface area contributed by atoms with Gasteiger partial charge in [0, 0.05) is 19.8 Å². The summed E-state index contributed by atoms with van der Waals surface area (Å²) in [6.45, 7) is 1.66. The molecule has 0 heterocycles. The van der Waals surface area contributed by atoms with Crippen molar-refractivity contribution < 1.29 is 44.3 Å². The largest absolute Gasteiger partial charge is 0.416 e. The maximum absolute atomic E-state index is 13.4. The summed E-state index contributed by atoms with van der Waals surface area (Å²) in [5.74, 6) is -2.15. The Balaban J connectivity index is 1.84. The maximum Gasteiger partial charge on any atom is 0.416 e. The number of nitrogens with one attached hydrogen (secondary N) is 2. The highest BCUT2D eigenvalue weighted by atomic mass is 32.2. The average Bonchev–Trinajstić information content (AvgIpc) is 2.93. The molecule has 1 saturated carbocycles. The van der Waals surface area contributed by atoms with Gasteiger partial charge in [-0.05, 0) is 60.7 Å². The summed E-state index contributed by atoms with van der Waals surface area (Å²) in [4.78, 5) is 30.2. The number of nitrogens with two attached hydrogens (primary N) is 1. The van der Waals surface area contributed by atoms with Crippen LogP contribution < -0.4 is 16.4 Å². The molecule has 0 radical (unpaired) electrons. The quantitative estimate of drug-likeness (QED) is 0.192. The summed E-state index contributed by atoms with van der Waals surface area (Å²) in [7, 11) is -1.09. The Morgan fingerprint density at radius 1 is 0.978 bits per heavy atom. The molecule has 1 fully saturated rings. The van der Waals surface area contributed by atoms with Crippen molar-refractivity contribution in [3.05, 3.63) is 58.7 Å². The summed E-state index contributed by atoms with van der Waals surface area (Å²) >= 11 is 0. The van der Waals surface area contributed by atoms with Crippen LogP contribution in [0.15, 0.2) is 46.3 Å². The van der Waals surface area contributed by atoms with Gasteiger partial charge in [0.2, 0.25) is 21.8 Å². The molecule has 0 bridgehead atoms. The summed E-state index contributed by atoms with van der Waals surface area (Å²) in [5, 5.41) is 4.83. The molecule has 1 atom stereocenters. The number of amides is 2. The van der Waals surface area contributed by atoms with Crippen molar-refractivity contribution in [3.63, 3.8) is 0 Å². The molecule has 1 aliphatic carbocycles. The highest BCUT2D eigenvalue weighted by Gasteiger charge is 2.37. The number of carbonyl (C=O) groups excluding carboxylic acids is 2. The van der Waals surface area contributed by atoms with Gasteiger partial charge in [0.1, 0.15) is 6.04 Å². The standard InChI is InChI=1S/C29H35F6N5O4S/c1-17-9-10-22(45(43,44)40(2)3)16-23(17)37-26(42)24(13-18-7-5-4-6-8-18)38-27(36)39-25(41)14-19-11-20(28(30,31)32)15-21(12-19)29(33,34)35/h9-12,15-16,18,24H,4-8,13-14H2,1-3H3,(H,37,42)(H3,36,38,39,41)/t24-/m1/s1. The van der Waals surface area contributed by atoms with Crippen LogP contribution in [0.2, 0.25) is 0 Å². The zero-order chi connectivity index (χ0) is 33.7. The summed E-state index contributed by atoms with van der Waals surface area (Å²) < 4.78 is 106. The predicted octanol–water partition coefficient (Wildman–Crippen LogP) is 5.23. The zero-order valence-corrected chi connectivity index (χ0v) is 25.7. The molecule has 9 nitrogen and oxygen atoms in total. The lowest BCUT2D eigenvalue weighted by Crippen LogP contribution is -2.40. The van der Waals surface area contributed by atoms with Crippen molar-refractivity contribution in [1.29, 1.82) is 0 Å². The minimum absolute atomic E-state index is 0.0426. The van der Waals surface area contributed by atoms with Crippen molar-refractivity contribution >= 4 is 33.5 Å². The van der Waals surface area contributed by atoms with Gasteiger partial charge in [-0.3, -0.25) is 14.9 Å². The molecule has 3 rings (SSSR count). The summed E-state index contributed by atoms with van der Waals surface area (Å²) in [5.41, 5.74) is 2.98. The third kappa shape index (κ3) is 9.91. The minimum atomic E-state index is -5.08. The molecule has 1 aliphatic rings. The number of anilines is 1. The number of aryl methyl sites for hydroxylation is 1. The van der Waals surface area contributed by atoms with E-state index in [0.29, 0.717) is 17.7 Å². The lowest BCUT2D eigenvalue weighted by molar-refractivity contribution is -0.143. The number of rotatable bonds is 9. The first kappa shape index (κ1) is 35.8. The Kier molecular flexibility index (Phi) is 11.3. The second-order valence-corrected chi connectivity index (χ2v) is 13.3. The highest BCUT2D eigenvalue weighted by molar-refractivity contribution is 7.89. The van der Waals surface area contributed by atoms with Crippen molar-refractivity contribution in [2.45, 2.75) is 75.2 Å². The summed E-state index contributed by atoms with van der Waals surface area (Å²) in [6.07, 6.45) is -6.26. The topological polar surface area (TPSA) is 134 Å². The molecule has 16 heteroatoms. The van der Waals surface area contributed by atoms with Gasteiger partial charge in [-0.15, -0.1) is 0 Å². The predicted molar refractivity (Wildman–Crippen MR) is 156 cm³/mol. The molecule has 0 saturated heterocycles. The number of aliphatic imine (C=N–C) groups is 1. The molecule has 45 heavy (non-hydrogen) atoms. The monoisotopic (exact) mass is 663 g/mol. The molecule has 0 spiro atoms. The number of guanidine groups is 1. The van der Waals surface area contributed by atoms with E-state index in [1.165, 1.54) is 32.3 Å². The van der Waals surface area contributed by atoms with Gasteiger partial charge in [-0.1, -0.05) is 38.2 Å². The number of halogens is 6. The molecule has 4 N–H and O–H groups in total. The van der Waals surface area contributed by atoms with Crippen molar-refractivity contribution in [2.24, 2.45) is 16.6 Å². The van der Waals surface area contributed by atoms with Gasteiger partial charge >= 0.3 is 12.4 Å². The molecule has 0 unspecified atom stereocenters. The van der Waals surface area contributed by atoms with E-state index in [1.54, 1.807) is 6.92 Å². The normalized spacial score (nSPS) is 16.0. The smallest absolute Gasteiger partial charge is 0.370 e. The van der Waals surface area contributed by atoms with E-state index in [2.05, 4.69) is 15.6 Å². The molecule has 2 amide bonds. The number of alkyl halides is 6. The third-order valence-electron chi connectivity index (χ3n) is 7.40. The van der Waals surface area contributed by atoms with Crippen molar-refractivity contribution in [3.8, 4) is 0 Å². The Morgan fingerprint density at radius 3 is 2.09 bits per heavy atom. The Hall–Kier alpha value is -3.66. The zero-order valence-electron chi connectivity index (χ0n) is 24.8. The van der Waals surface area contributed by atoms with Crippen LogP contribution in [0.4, 0.5) is 32.0 Å². The molecular formula is C29H35F6N5O4S. The highest BCUT2D eigenvalue weighted by Crippen LogP contribution is 2.36. The van der Waals surface area contributed by atoms with E-state index in [4.69, 9.17) is 5.73 Å². The van der Waals surface area contributed by atoms with Crippen LogP contribution in [0.1, 0.15) is 60.8 Å². The van der Waals surface area contributed by atoms with Crippen LogP contribution in [0.3, 0.4) is 0 Å². The second-order valence-electron chi connectivity index (χ2n) is 11.2. The Bertz CT molecular complexity index is 1500. The molecule has 0 aromatic heterocycles. The first-order chi connectivity index (χ1) is 20.8. The SMILES string of the molecule is Cc1ccc(S(=O)(=O)N(C)C)cc1NC(=O)[C@@H](CC1CCCCC1)N=C(N)NC(=O)Cc1cc(C(F)(F)F)cc(C(F)(F)F)c1. The number of hydrogen-bond acceptors (Lipinski definition) is 5. The van der Waals surface area contributed by atoms with Gasteiger partial charge in [-0.2, -0.15) is 26.3 Å². The van der Waals surface area contributed by atoms with E-state index in [9.17, 15) is 44.3 Å². The second kappa shape index (κ2) is 14.2. The number of sulfonamides is 1. The van der Waals surface area contributed by atoms with Gasteiger partial charge in [0.05, 0.1) is 22.4 Å². The average molecular weight is 664 g/mol. The van der Waals surface area contributed by atoms with Gasteiger partial charge in [0.15, 0.2) is 5.96 Å². The van der Waals surface area contributed by atoms with Crippen molar-refractivity contribution in [1.82, 2.24) is 9.62 Å². The van der Waals surface area contributed by atoms with Gasteiger partial charge in [0.25, 0.3) is 0 Å². The van der Waals surface area contributed by atoms with E-state index in [1.807, 2.05) is 0 Å². The first-order valence-electron chi connectivity index (χ1n) is 14.0. The minimum Gasteiger partial charge on any atom is -0.370 e. The van der Waals surface area contributed by atoms with Gasteiger partial charge in [-0.25, -0.2) is 17.7 Å². The van der Waals surface area contributed by atoms with E-state index in [0.717, 1.165) is 36.4 Å². The van der Waals surface area contributed by atoms with Crippen molar-refractivity contribution in [2.75, 3.05) is 19.4 Å². The molecule has 248 valence electrons. The van der Waals surface area contributed by atoms with Crippen LogP contribution in [0, 0.1) is 12.8 Å². The number of nitrogens with zero attached hydrogens (tertiary/aromatic N) is 2. The van der Waals surface area contributed by atoms with Crippen LogP contribution in [0.25, 0.3) is 0 Å². The third-order valence-corrected chi connectivity index (χ3v) is 9.22. The van der Waals surface area contributed by atoms with E-state index in [-0.39, 0.29) is 29.0 Å². The maximum atomic E-state index is 13.4. The Labute approximate surface area is 257 Å². The van der Waals surface area contributed by atoms with Crippen LogP contribution in [-0.2, 0) is 38.4 Å². The Morgan fingerprint density at radius 2 is 1.56 bits per heavy atom. The molecule has 2 aromatic rings. The lowest BCUT2D eigenvalue weighted by atomic mass is 9.84. The van der Waals surface area contributed by atoms with Crippen LogP contribution >= 0.6 is 0 Å². The lowest BCUT2D eigenvalue weighted by Gasteiger charge is -2.25. The fraction of sp³-hybridized carbons (Fsp3) is 0.483.